The van der Waals surface area contributed by atoms with E-state index in [1.807, 2.05) is 25.1 Å². The van der Waals surface area contributed by atoms with Crippen LogP contribution in [0.4, 0.5) is 0 Å². The minimum atomic E-state index is -0.120. The molecule has 1 aromatic carbocycles. The van der Waals surface area contributed by atoms with E-state index >= 15 is 0 Å². The fourth-order valence-corrected chi connectivity index (χ4v) is 1.96. The van der Waals surface area contributed by atoms with E-state index in [0.29, 0.717) is 6.61 Å². The summed E-state index contributed by atoms with van der Waals surface area (Å²) in [5.74, 6) is 0.332. The van der Waals surface area contributed by atoms with E-state index in [0.717, 1.165) is 11.1 Å². The van der Waals surface area contributed by atoms with Crippen LogP contribution < -0.4 is 0 Å². The van der Waals surface area contributed by atoms with Gasteiger partial charge in [-0.2, -0.15) is 0 Å². The van der Waals surface area contributed by atoms with E-state index in [4.69, 9.17) is 4.74 Å². The maximum atomic E-state index is 11.3. The normalized spacial score (nSPS) is 14.5. The number of ketones is 1. The van der Waals surface area contributed by atoms with Crippen molar-refractivity contribution in [2.24, 2.45) is 0 Å². The van der Waals surface area contributed by atoms with Gasteiger partial charge in [0.25, 0.3) is 0 Å². The topological polar surface area (TPSA) is 26.3 Å². The number of Topliss-reactive ketones (excluding diaryl/α,β-unsaturated/α-hetero) is 1. The Morgan fingerprint density at radius 1 is 1.50 bits per heavy atom. The number of methoxy groups -OCH3 is 1. The van der Waals surface area contributed by atoms with E-state index in [2.05, 4.69) is 22.0 Å². The van der Waals surface area contributed by atoms with Gasteiger partial charge in [-0.1, -0.05) is 47.1 Å². The molecule has 16 heavy (non-hydrogen) atoms. The molecule has 2 nitrogen and oxygen atoms in total. The smallest absolute Gasteiger partial charge is 0.144 e. The molecule has 1 rings (SSSR count). The molecule has 0 aliphatic carbocycles. The minimum Gasteiger partial charge on any atom is -0.380 e. The van der Waals surface area contributed by atoms with Crippen molar-refractivity contribution in [3.05, 3.63) is 35.4 Å². The third-order valence-corrected chi connectivity index (χ3v) is 4.05. The minimum absolute atomic E-state index is 0.120. The first-order chi connectivity index (χ1) is 7.56. The van der Waals surface area contributed by atoms with Crippen LogP contribution in [-0.4, -0.2) is 17.7 Å². The SMILES string of the molecule is COCc1cccc(C(C)C(Br)C(C)=O)c1. The van der Waals surface area contributed by atoms with Crippen LogP contribution in [0.2, 0.25) is 0 Å². The highest BCUT2D eigenvalue weighted by molar-refractivity contribution is 9.10. The Kier molecular flexibility index (Phi) is 5.16. The predicted octanol–water partition coefficient (Wildman–Crippen LogP) is 3.29. The molecule has 0 N–H and O–H groups in total. The summed E-state index contributed by atoms with van der Waals surface area (Å²) in [6.07, 6.45) is 0. The summed E-state index contributed by atoms with van der Waals surface area (Å²) < 4.78 is 5.09. The molecule has 2 unspecified atom stereocenters. The van der Waals surface area contributed by atoms with Crippen molar-refractivity contribution in [3.8, 4) is 0 Å². The molecule has 0 amide bonds. The zero-order valence-electron chi connectivity index (χ0n) is 9.87. The van der Waals surface area contributed by atoms with E-state index in [1.165, 1.54) is 0 Å². The number of hydrogen-bond acceptors (Lipinski definition) is 2. The highest BCUT2D eigenvalue weighted by atomic mass is 79.9. The van der Waals surface area contributed by atoms with Crippen molar-refractivity contribution < 1.29 is 9.53 Å². The standard InChI is InChI=1S/C13H17BrO2/c1-9(13(14)10(2)15)12-6-4-5-11(7-12)8-16-3/h4-7,9,13H,8H2,1-3H3. The van der Waals surface area contributed by atoms with Crippen molar-refractivity contribution >= 4 is 21.7 Å². The van der Waals surface area contributed by atoms with Gasteiger partial charge in [-0.3, -0.25) is 4.79 Å². The fourth-order valence-electron chi connectivity index (χ4n) is 1.65. The first-order valence-electron chi connectivity index (χ1n) is 5.28. The molecule has 3 heteroatoms. The van der Waals surface area contributed by atoms with Crippen molar-refractivity contribution in [3.63, 3.8) is 0 Å². The second-order valence-electron chi connectivity index (χ2n) is 3.98. The Hall–Kier alpha value is -0.670. The number of halogens is 1. The molecule has 88 valence electrons. The number of benzene rings is 1. The summed E-state index contributed by atoms with van der Waals surface area (Å²) in [5, 5.41) is 0. The molecule has 2 atom stereocenters. The Labute approximate surface area is 105 Å². The van der Waals surface area contributed by atoms with Crippen LogP contribution in [0.25, 0.3) is 0 Å². The molecule has 0 aliphatic rings. The third-order valence-electron chi connectivity index (χ3n) is 2.62. The van der Waals surface area contributed by atoms with Crippen LogP contribution >= 0.6 is 15.9 Å². The van der Waals surface area contributed by atoms with Gasteiger partial charge in [-0.25, -0.2) is 0 Å². The second-order valence-corrected chi connectivity index (χ2v) is 4.97. The van der Waals surface area contributed by atoms with Gasteiger partial charge in [-0.15, -0.1) is 0 Å². The predicted molar refractivity (Wildman–Crippen MR) is 69.0 cm³/mol. The largest absolute Gasteiger partial charge is 0.380 e. The van der Waals surface area contributed by atoms with E-state index in [-0.39, 0.29) is 16.5 Å². The van der Waals surface area contributed by atoms with E-state index in [1.54, 1.807) is 14.0 Å². The zero-order chi connectivity index (χ0) is 12.1. The molecule has 0 aliphatic heterocycles. The van der Waals surface area contributed by atoms with Crippen molar-refractivity contribution in [1.82, 2.24) is 0 Å². The number of hydrogen-bond donors (Lipinski definition) is 0. The second kappa shape index (κ2) is 6.16. The molecule has 0 aromatic heterocycles. The Bertz CT molecular complexity index is 363. The summed E-state index contributed by atoms with van der Waals surface area (Å²) in [6, 6.07) is 8.16. The van der Waals surface area contributed by atoms with Gasteiger partial charge in [0.15, 0.2) is 0 Å². The lowest BCUT2D eigenvalue weighted by molar-refractivity contribution is -0.116. The van der Waals surface area contributed by atoms with Crippen LogP contribution in [0.15, 0.2) is 24.3 Å². The molecule has 0 heterocycles. The number of rotatable bonds is 5. The summed E-state index contributed by atoms with van der Waals surface area (Å²) in [5.41, 5.74) is 2.29. The molecule has 0 saturated heterocycles. The van der Waals surface area contributed by atoms with Crippen LogP contribution in [-0.2, 0) is 16.1 Å². The van der Waals surface area contributed by atoms with Gasteiger partial charge in [0.1, 0.15) is 5.78 Å². The van der Waals surface area contributed by atoms with Crippen molar-refractivity contribution in [2.75, 3.05) is 7.11 Å². The molecule has 0 saturated carbocycles. The molecule has 0 bridgehead atoms. The third kappa shape index (κ3) is 3.42. The zero-order valence-corrected chi connectivity index (χ0v) is 11.5. The lowest BCUT2D eigenvalue weighted by Gasteiger charge is -2.17. The quantitative estimate of drug-likeness (QED) is 0.776. The summed E-state index contributed by atoms with van der Waals surface area (Å²) in [7, 11) is 1.68. The van der Waals surface area contributed by atoms with Crippen LogP contribution in [0.3, 0.4) is 0 Å². The lowest BCUT2D eigenvalue weighted by atomic mass is 9.94. The molecular weight excluding hydrogens is 268 g/mol. The first kappa shape index (κ1) is 13.4. The number of carbonyl (C=O) groups excluding carboxylic acids is 1. The average Bonchev–Trinajstić information content (AvgIpc) is 2.28. The Morgan fingerprint density at radius 2 is 2.19 bits per heavy atom. The van der Waals surface area contributed by atoms with E-state index < -0.39 is 0 Å². The summed E-state index contributed by atoms with van der Waals surface area (Å²) in [4.78, 5) is 11.2. The van der Waals surface area contributed by atoms with Gasteiger partial charge in [-0.05, 0) is 18.1 Å². The monoisotopic (exact) mass is 284 g/mol. The highest BCUT2D eigenvalue weighted by Gasteiger charge is 2.20. The van der Waals surface area contributed by atoms with Crippen molar-refractivity contribution in [1.29, 1.82) is 0 Å². The van der Waals surface area contributed by atoms with Gasteiger partial charge in [0.05, 0.1) is 11.4 Å². The number of alkyl halides is 1. The molecular formula is C13H17BrO2. The molecule has 0 fully saturated rings. The van der Waals surface area contributed by atoms with Crippen LogP contribution in [0.5, 0.6) is 0 Å². The summed E-state index contributed by atoms with van der Waals surface area (Å²) in [6.45, 7) is 4.26. The van der Waals surface area contributed by atoms with Gasteiger partial charge in [0, 0.05) is 13.0 Å². The fraction of sp³-hybridized carbons (Fsp3) is 0.462. The van der Waals surface area contributed by atoms with Crippen LogP contribution in [0.1, 0.15) is 30.9 Å². The van der Waals surface area contributed by atoms with E-state index in [9.17, 15) is 4.79 Å². The molecule has 0 radical (unpaired) electrons. The first-order valence-corrected chi connectivity index (χ1v) is 6.20. The van der Waals surface area contributed by atoms with Crippen LogP contribution in [0, 0.1) is 0 Å². The lowest BCUT2D eigenvalue weighted by Crippen LogP contribution is -2.17. The maximum Gasteiger partial charge on any atom is 0.144 e. The number of ether oxygens (including phenoxy) is 1. The van der Waals surface area contributed by atoms with Gasteiger partial charge in [0.2, 0.25) is 0 Å². The maximum absolute atomic E-state index is 11.3. The molecule has 0 spiro atoms. The highest BCUT2D eigenvalue weighted by Crippen LogP contribution is 2.26. The Morgan fingerprint density at radius 3 is 2.75 bits per heavy atom. The molecule has 1 aromatic rings. The Balaban J connectivity index is 2.86. The number of carbonyl (C=O) groups is 1. The summed E-state index contributed by atoms with van der Waals surface area (Å²) >= 11 is 3.43. The van der Waals surface area contributed by atoms with Gasteiger partial charge >= 0.3 is 0 Å². The van der Waals surface area contributed by atoms with Gasteiger partial charge < -0.3 is 4.74 Å². The van der Waals surface area contributed by atoms with Crippen molar-refractivity contribution in [2.45, 2.75) is 31.2 Å². The average molecular weight is 285 g/mol.